The van der Waals surface area contributed by atoms with Crippen LogP contribution in [0.1, 0.15) is 48.6 Å². The zero-order valence-electron chi connectivity index (χ0n) is 15.9. The fraction of sp³-hybridized carbons (Fsp3) is 0.286. The molecule has 0 aliphatic heterocycles. The molecule has 1 atom stereocenters. The van der Waals surface area contributed by atoms with E-state index in [1.807, 2.05) is 45.0 Å². The minimum atomic E-state index is -0.140. The van der Waals surface area contributed by atoms with Crippen LogP contribution in [0.3, 0.4) is 0 Å². The van der Waals surface area contributed by atoms with Gasteiger partial charge in [0.05, 0.1) is 12.1 Å². The summed E-state index contributed by atoms with van der Waals surface area (Å²) in [5, 5.41) is 6.78. The summed E-state index contributed by atoms with van der Waals surface area (Å²) in [5.74, 6) is 1.69. The van der Waals surface area contributed by atoms with Crippen molar-refractivity contribution >= 4 is 5.91 Å². The highest BCUT2D eigenvalue weighted by atomic mass is 16.5. The Balaban J connectivity index is 1.64. The third-order valence-corrected chi connectivity index (χ3v) is 4.02. The summed E-state index contributed by atoms with van der Waals surface area (Å²) in [6, 6.07) is 14.7. The molecule has 0 spiro atoms. The summed E-state index contributed by atoms with van der Waals surface area (Å²) in [6.07, 6.45) is 0.132. The van der Waals surface area contributed by atoms with Crippen molar-refractivity contribution in [3.05, 3.63) is 65.5 Å². The van der Waals surface area contributed by atoms with E-state index in [1.165, 1.54) is 0 Å². The van der Waals surface area contributed by atoms with Crippen LogP contribution in [0.4, 0.5) is 0 Å². The number of hydrogen-bond acceptors (Lipinski definition) is 5. The normalized spacial score (nSPS) is 12.0. The molecular weight excluding hydrogens is 342 g/mol. The second-order valence-corrected chi connectivity index (χ2v) is 6.65. The van der Waals surface area contributed by atoms with Crippen molar-refractivity contribution in [2.45, 2.75) is 39.8 Å². The van der Waals surface area contributed by atoms with Gasteiger partial charge in [-0.3, -0.25) is 4.79 Å². The smallest absolute Gasteiger partial charge is 0.257 e. The summed E-state index contributed by atoms with van der Waals surface area (Å²) in [5.41, 5.74) is 2.36. The monoisotopic (exact) mass is 365 g/mol. The fourth-order valence-electron chi connectivity index (χ4n) is 2.65. The van der Waals surface area contributed by atoms with Gasteiger partial charge in [-0.1, -0.05) is 17.3 Å². The highest BCUT2D eigenvalue weighted by molar-refractivity contribution is 5.94. The minimum Gasteiger partial charge on any atom is -0.491 e. The molecule has 140 valence electrons. The van der Waals surface area contributed by atoms with Crippen molar-refractivity contribution < 1.29 is 14.1 Å². The quantitative estimate of drug-likeness (QED) is 0.704. The highest BCUT2D eigenvalue weighted by Gasteiger charge is 2.13. The molecular formula is C21H23N3O3. The molecule has 6 nitrogen and oxygen atoms in total. The summed E-state index contributed by atoms with van der Waals surface area (Å²) in [6.45, 7) is 7.69. The lowest BCUT2D eigenvalue weighted by atomic mass is 10.1. The van der Waals surface area contributed by atoms with Crippen LogP contribution in [0.2, 0.25) is 0 Å². The van der Waals surface area contributed by atoms with E-state index in [1.54, 1.807) is 31.2 Å². The van der Waals surface area contributed by atoms with Crippen molar-refractivity contribution in [1.82, 2.24) is 15.5 Å². The summed E-state index contributed by atoms with van der Waals surface area (Å²) in [4.78, 5) is 16.7. The average molecular weight is 365 g/mol. The Morgan fingerprint density at radius 3 is 2.26 bits per heavy atom. The predicted molar refractivity (Wildman–Crippen MR) is 103 cm³/mol. The van der Waals surface area contributed by atoms with Crippen molar-refractivity contribution in [2.75, 3.05) is 0 Å². The molecule has 1 unspecified atom stereocenters. The van der Waals surface area contributed by atoms with Gasteiger partial charge in [0, 0.05) is 11.1 Å². The topological polar surface area (TPSA) is 77.2 Å². The molecule has 27 heavy (non-hydrogen) atoms. The molecule has 0 radical (unpaired) electrons. The molecule has 0 saturated carbocycles. The maximum absolute atomic E-state index is 12.5. The van der Waals surface area contributed by atoms with Gasteiger partial charge >= 0.3 is 0 Å². The van der Waals surface area contributed by atoms with Crippen LogP contribution in [0.5, 0.6) is 5.75 Å². The van der Waals surface area contributed by atoms with E-state index in [0.717, 1.165) is 16.9 Å². The maximum Gasteiger partial charge on any atom is 0.257 e. The molecule has 1 heterocycles. The van der Waals surface area contributed by atoms with E-state index in [-0.39, 0.29) is 18.1 Å². The van der Waals surface area contributed by atoms with Crippen LogP contribution in [-0.4, -0.2) is 22.2 Å². The number of carbonyl (C=O) groups excluding carboxylic acids is 1. The molecule has 0 fully saturated rings. The van der Waals surface area contributed by atoms with Gasteiger partial charge in [-0.15, -0.1) is 0 Å². The number of benzene rings is 2. The maximum atomic E-state index is 12.5. The van der Waals surface area contributed by atoms with E-state index in [9.17, 15) is 4.79 Å². The zero-order chi connectivity index (χ0) is 19.4. The average Bonchev–Trinajstić information content (AvgIpc) is 3.08. The van der Waals surface area contributed by atoms with Gasteiger partial charge < -0.3 is 14.6 Å². The second kappa shape index (κ2) is 8.03. The van der Waals surface area contributed by atoms with Gasteiger partial charge in [0.2, 0.25) is 0 Å². The lowest BCUT2D eigenvalue weighted by Crippen LogP contribution is -2.26. The number of hydrogen-bond donors (Lipinski definition) is 1. The number of aromatic nitrogens is 2. The fourth-order valence-corrected chi connectivity index (χ4v) is 2.65. The van der Waals surface area contributed by atoms with E-state index in [2.05, 4.69) is 15.5 Å². The molecule has 2 aromatic carbocycles. The second-order valence-electron chi connectivity index (χ2n) is 6.65. The Morgan fingerprint density at radius 2 is 1.70 bits per heavy atom. The summed E-state index contributed by atoms with van der Waals surface area (Å²) < 4.78 is 10.8. The minimum absolute atomic E-state index is 0.121. The van der Waals surface area contributed by atoms with Crippen LogP contribution in [0.25, 0.3) is 11.5 Å². The van der Waals surface area contributed by atoms with Crippen LogP contribution in [-0.2, 0) is 0 Å². The SMILES string of the molecule is Cc1noc(-c2ccc(C(=O)NC(C)c3ccc(OC(C)C)cc3)cc2)n1. The highest BCUT2D eigenvalue weighted by Crippen LogP contribution is 2.20. The van der Waals surface area contributed by atoms with Crippen LogP contribution in [0, 0.1) is 6.92 Å². The third-order valence-electron chi connectivity index (χ3n) is 4.02. The first kappa shape index (κ1) is 18.6. The first-order valence-corrected chi connectivity index (χ1v) is 8.90. The van der Waals surface area contributed by atoms with E-state index in [0.29, 0.717) is 17.3 Å². The molecule has 1 N–H and O–H groups in total. The van der Waals surface area contributed by atoms with Crippen LogP contribution in [0.15, 0.2) is 53.1 Å². The molecule has 3 rings (SSSR count). The van der Waals surface area contributed by atoms with Crippen LogP contribution >= 0.6 is 0 Å². The van der Waals surface area contributed by atoms with Crippen molar-refractivity contribution in [1.29, 1.82) is 0 Å². The van der Waals surface area contributed by atoms with Gasteiger partial charge in [-0.2, -0.15) is 4.98 Å². The number of amides is 1. The number of aryl methyl sites for hydroxylation is 1. The van der Waals surface area contributed by atoms with E-state index >= 15 is 0 Å². The predicted octanol–water partition coefficient (Wildman–Crippen LogP) is 4.32. The molecule has 3 aromatic rings. The number of nitrogens with one attached hydrogen (secondary N) is 1. The molecule has 6 heteroatoms. The Kier molecular flexibility index (Phi) is 5.54. The first-order chi connectivity index (χ1) is 12.9. The van der Waals surface area contributed by atoms with E-state index < -0.39 is 0 Å². The van der Waals surface area contributed by atoms with Crippen LogP contribution < -0.4 is 10.1 Å². The molecule has 1 aromatic heterocycles. The lowest BCUT2D eigenvalue weighted by Gasteiger charge is -2.16. The first-order valence-electron chi connectivity index (χ1n) is 8.90. The van der Waals surface area contributed by atoms with Gasteiger partial charge in [0.15, 0.2) is 5.82 Å². The Morgan fingerprint density at radius 1 is 1.04 bits per heavy atom. The van der Waals surface area contributed by atoms with E-state index in [4.69, 9.17) is 9.26 Å². The molecule has 0 aliphatic rings. The third kappa shape index (κ3) is 4.73. The van der Waals surface area contributed by atoms with Gasteiger partial charge in [0.25, 0.3) is 11.8 Å². The standard InChI is InChI=1S/C21H23N3O3/c1-13(2)26-19-11-9-16(10-12-19)14(3)22-20(25)17-5-7-18(8-6-17)21-23-15(4)24-27-21/h5-14H,1-4H3,(H,22,25). The Labute approximate surface area is 158 Å². The number of carbonyl (C=O) groups is 1. The molecule has 0 bridgehead atoms. The Bertz CT molecular complexity index is 899. The summed E-state index contributed by atoms with van der Waals surface area (Å²) in [7, 11) is 0. The zero-order valence-corrected chi connectivity index (χ0v) is 15.9. The van der Waals surface area contributed by atoms with Gasteiger partial charge in [-0.25, -0.2) is 0 Å². The summed E-state index contributed by atoms with van der Waals surface area (Å²) >= 11 is 0. The molecule has 0 aliphatic carbocycles. The number of nitrogens with zero attached hydrogens (tertiary/aromatic N) is 2. The molecule has 1 amide bonds. The van der Waals surface area contributed by atoms with Crippen molar-refractivity contribution in [3.8, 4) is 17.2 Å². The Hall–Kier alpha value is -3.15. The molecule has 0 saturated heterocycles. The number of rotatable bonds is 6. The lowest BCUT2D eigenvalue weighted by molar-refractivity contribution is 0.0940. The van der Waals surface area contributed by atoms with Gasteiger partial charge in [0.1, 0.15) is 5.75 Å². The van der Waals surface area contributed by atoms with Crippen molar-refractivity contribution in [2.24, 2.45) is 0 Å². The number of ether oxygens (including phenoxy) is 1. The van der Waals surface area contributed by atoms with Gasteiger partial charge in [-0.05, 0) is 69.7 Å². The van der Waals surface area contributed by atoms with Crippen molar-refractivity contribution in [3.63, 3.8) is 0 Å². The largest absolute Gasteiger partial charge is 0.491 e.